The van der Waals surface area contributed by atoms with Crippen molar-refractivity contribution in [2.24, 2.45) is 0 Å². The van der Waals surface area contributed by atoms with Crippen LogP contribution in [0.2, 0.25) is 4.47 Å². The van der Waals surface area contributed by atoms with Gasteiger partial charge in [0.1, 0.15) is 0 Å². The molecule has 1 rings (SSSR count). The van der Waals surface area contributed by atoms with Crippen LogP contribution >= 0.6 is 22.9 Å². The van der Waals surface area contributed by atoms with Crippen molar-refractivity contribution < 1.29 is 17.9 Å². The van der Waals surface area contributed by atoms with Gasteiger partial charge in [-0.15, -0.1) is 0 Å². The summed E-state index contributed by atoms with van der Waals surface area (Å²) in [6.45, 7) is 0.0462. The molecular weight excluding hydrogens is 288 g/mol. The fraction of sp³-hybridized carbons (Fsp3) is 0.500. The molecule has 0 atom stereocenters. The van der Waals surface area contributed by atoms with E-state index in [9.17, 15) is 13.2 Å². The van der Waals surface area contributed by atoms with Gasteiger partial charge in [0, 0.05) is 13.6 Å². The minimum absolute atomic E-state index is 0.00122. The smallest absolute Gasteiger partial charge is 0.306 e. The summed E-state index contributed by atoms with van der Waals surface area (Å²) in [5.74, 6) is -0.464. The Balaban J connectivity index is 2.74. The molecule has 0 amide bonds. The molecule has 0 spiro atoms. The molecule has 9 heteroatoms. The number of halogens is 1. The Morgan fingerprint density at radius 1 is 1.65 bits per heavy atom. The van der Waals surface area contributed by atoms with Crippen molar-refractivity contribution in [2.45, 2.75) is 10.6 Å². The topological polar surface area (TPSA) is 76.6 Å². The maximum Gasteiger partial charge on any atom is 0.306 e. The second-order valence-corrected chi connectivity index (χ2v) is 6.97. The van der Waals surface area contributed by atoms with Gasteiger partial charge in [-0.1, -0.05) is 22.9 Å². The van der Waals surface area contributed by atoms with Crippen LogP contribution in [0.15, 0.2) is 10.4 Å². The van der Waals surface area contributed by atoms with Gasteiger partial charge in [0.25, 0.3) is 10.0 Å². The maximum atomic E-state index is 11.9. The molecule has 1 aromatic heterocycles. The van der Waals surface area contributed by atoms with Crippen LogP contribution in [0.5, 0.6) is 0 Å². The summed E-state index contributed by atoms with van der Waals surface area (Å²) in [6, 6.07) is 0. The average Bonchev–Trinajstić information content (AvgIpc) is 2.72. The predicted molar refractivity (Wildman–Crippen MR) is 63.6 cm³/mol. The van der Waals surface area contributed by atoms with Crippen molar-refractivity contribution in [1.29, 1.82) is 0 Å². The molecule has 6 nitrogen and oxygen atoms in total. The van der Waals surface area contributed by atoms with Crippen LogP contribution < -0.4 is 0 Å². The molecular formula is C8H11ClN2O4S2. The third-order valence-corrected chi connectivity index (χ3v) is 5.39. The molecule has 0 N–H and O–H groups in total. The summed E-state index contributed by atoms with van der Waals surface area (Å²) in [5.41, 5.74) is 0. The molecule has 0 fully saturated rings. The molecule has 1 heterocycles. The molecule has 0 radical (unpaired) electrons. The Morgan fingerprint density at radius 2 is 2.29 bits per heavy atom. The van der Waals surface area contributed by atoms with E-state index in [1.54, 1.807) is 0 Å². The third-order valence-electron chi connectivity index (χ3n) is 1.98. The van der Waals surface area contributed by atoms with Crippen molar-refractivity contribution in [3.8, 4) is 0 Å². The number of thiazole rings is 1. The molecule has 1 aromatic rings. The minimum atomic E-state index is -3.62. The Kier molecular flexibility index (Phi) is 4.87. The zero-order chi connectivity index (χ0) is 13.1. The molecule has 0 aliphatic heterocycles. The zero-order valence-corrected chi connectivity index (χ0v) is 11.6. The van der Waals surface area contributed by atoms with Crippen molar-refractivity contribution in [2.75, 3.05) is 20.7 Å². The number of carbonyl (C=O) groups excluding carboxylic acids is 1. The van der Waals surface area contributed by atoms with Gasteiger partial charge in [-0.3, -0.25) is 4.79 Å². The number of rotatable bonds is 5. The van der Waals surface area contributed by atoms with E-state index in [1.807, 2.05) is 0 Å². The first-order valence-electron chi connectivity index (χ1n) is 4.52. The van der Waals surface area contributed by atoms with Gasteiger partial charge >= 0.3 is 5.97 Å². The second-order valence-electron chi connectivity index (χ2n) is 3.08. The van der Waals surface area contributed by atoms with Gasteiger partial charge in [-0.2, -0.15) is 4.31 Å². The number of aromatic nitrogens is 1. The van der Waals surface area contributed by atoms with Crippen molar-refractivity contribution in [1.82, 2.24) is 9.29 Å². The first-order valence-corrected chi connectivity index (χ1v) is 7.16. The first kappa shape index (κ1) is 14.4. The monoisotopic (exact) mass is 298 g/mol. The van der Waals surface area contributed by atoms with Gasteiger partial charge in [-0.05, 0) is 0 Å². The predicted octanol–water partition coefficient (Wildman–Crippen LogP) is 0.980. The Hall–Kier alpha value is -0.700. The molecule has 0 bridgehead atoms. The molecule has 17 heavy (non-hydrogen) atoms. The molecule has 96 valence electrons. The highest BCUT2D eigenvalue weighted by molar-refractivity contribution is 7.91. The molecule has 0 aliphatic carbocycles. The van der Waals surface area contributed by atoms with Gasteiger partial charge in [0.15, 0.2) is 8.68 Å². The molecule has 0 aromatic carbocycles. The number of sulfonamides is 1. The van der Waals surface area contributed by atoms with E-state index in [-0.39, 0.29) is 21.6 Å². The van der Waals surface area contributed by atoms with Gasteiger partial charge in [0.05, 0.1) is 19.7 Å². The SMILES string of the molecule is COC(=O)CCN(C)S(=O)(=O)c1cnc(Cl)s1. The fourth-order valence-corrected chi connectivity index (χ4v) is 3.66. The average molecular weight is 299 g/mol. The minimum Gasteiger partial charge on any atom is -0.469 e. The summed E-state index contributed by atoms with van der Waals surface area (Å²) in [5, 5.41) is 0. The molecule has 0 unspecified atom stereocenters. The number of ether oxygens (including phenoxy) is 1. The van der Waals surface area contributed by atoms with Crippen molar-refractivity contribution in [3.05, 3.63) is 10.7 Å². The largest absolute Gasteiger partial charge is 0.469 e. The number of carbonyl (C=O) groups is 1. The van der Waals surface area contributed by atoms with Gasteiger partial charge < -0.3 is 4.74 Å². The van der Waals surface area contributed by atoms with Crippen LogP contribution in [0.1, 0.15) is 6.42 Å². The lowest BCUT2D eigenvalue weighted by Gasteiger charge is -2.14. The molecule has 0 aliphatic rings. The number of hydrogen-bond acceptors (Lipinski definition) is 6. The number of methoxy groups -OCH3 is 1. The van der Waals surface area contributed by atoms with Crippen molar-refractivity contribution >= 4 is 38.9 Å². The fourth-order valence-electron chi connectivity index (χ4n) is 0.983. The second kappa shape index (κ2) is 5.76. The Bertz CT molecular complexity index is 499. The summed E-state index contributed by atoms with van der Waals surface area (Å²) in [4.78, 5) is 14.6. The quantitative estimate of drug-likeness (QED) is 0.757. The summed E-state index contributed by atoms with van der Waals surface area (Å²) in [7, 11) is -0.994. The molecule has 0 saturated carbocycles. The highest BCUT2D eigenvalue weighted by atomic mass is 35.5. The number of hydrogen-bond donors (Lipinski definition) is 0. The highest BCUT2D eigenvalue weighted by Crippen LogP contribution is 2.24. The van der Waals surface area contributed by atoms with E-state index in [0.29, 0.717) is 0 Å². The van der Waals surface area contributed by atoms with Crippen LogP contribution in [0.25, 0.3) is 0 Å². The third kappa shape index (κ3) is 3.63. The molecule has 0 saturated heterocycles. The Morgan fingerprint density at radius 3 is 2.76 bits per heavy atom. The van der Waals surface area contributed by atoms with E-state index < -0.39 is 16.0 Å². The standard InChI is InChI=1S/C8H11ClN2O4S2/c1-11(4-3-6(12)15-2)17(13,14)7-5-10-8(9)16-7/h5H,3-4H2,1-2H3. The van der Waals surface area contributed by atoms with Crippen molar-refractivity contribution in [3.63, 3.8) is 0 Å². The van der Waals surface area contributed by atoms with Gasteiger partial charge in [0.2, 0.25) is 0 Å². The lowest BCUT2D eigenvalue weighted by atomic mass is 10.4. The maximum absolute atomic E-state index is 11.9. The van der Waals surface area contributed by atoms with Crippen LogP contribution in [0.3, 0.4) is 0 Å². The summed E-state index contributed by atoms with van der Waals surface area (Å²) < 4.78 is 29.6. The number of esters is 1. The van der Waals surface area contributed by atoms with E-state index in [2.05, 4.69) is 9.72 Å². The highest BCUT2D eigenvalue weighted by Gasteiger charge is 2.23. The normalized spacial score (nSPS) is 11.8. The number of nitrogens with zero attached hydrogens (tertiary/aromatic N) is 2. The lowest BCUT2D eigenvalue weighted by Crippen LogP contribution is -2.28. The summed E-state index contributed by atoms with van der Waals surface area (Å²) >= 11 is 6.44. The lowest BCUT2D eigenvalue weighted by molar-refractivity contribution is -0.140. The van der Waals surface area contributed by atoms with Crippen LogP contribution in [-0.4, -0.2) is 44.4 Å². The van der Waals surface area contributed by atoms with Gasteiger partial charge in [-0.25, -0.2) is 13.4 Å². The Labute approximate surface area is 108 Å². The first-order chi connectivity index (χ1) is 7.87. The van der Waals surface area contributed by atoms with E-state index in [4.69, 9.17) is 11.6 Å². The summed E-state index contributed by atoms with van der Waals surface area (Å²) in [6.07, 6.45) is 1.19. The van der Waals surface area contributed by atoms with Crippen LogP contribution in [-0.2, 0) is 19.6 Å². The van der Waals surface area contributed by atoms with Crippen LogP contribution in [0.4, 0.5) is 0 Å². The van der Waals surface area contributed by atoms with E-state index in [1.165, 1.54) is 20.4 Å². The van der Waals surface area contributed by atoms with E-state index in [0.717, 1.165) is 15.6 Å². The van der Waals surface area contributed by atoms with E-state index >= 15 is 0 Å². The zero-order valence-electron chi connectivity index (χ0n) is 9.21. The van der Waals surface area contributed by atoms with Crippen LogP contribution in [0, 0.1) is 0 Å².